The number of nitrogens with zero attached hydrogens (tertiary/aromatic N) is 1. The van der Waals surface area contributed by atoms with Crippen molar-refractivity contribution in [3.8, 4) is 0 Å². The van der Waals surface area contributed by atoms with Gasteiger partial charge in [-0.05, 0) is 30.9 Å². The first-order valence-corrected chi connectivity index (χ1v) is 12.8. The van der Waals surface area contributed by atoms with Crippen molar-refractivity contribution < 1.29 is 39.3 Å². The van der Waals surface area contributed by atoms with E-state index in [1.807, 2.05) is 12.1 Å². The molecule has 0 saturated carbocycles. The monoisotopic (exact) mass is 576 g/mol. The van der Waals surface area contributed by atoms with Gasteiger partial charge in [-0.2, -0.15) is 0 Å². The van der Waals surface area contributed by atoms with E-state index in [1.165, 1.54) is 0 Å². The van der Waals surface area contributed by atoms with Gasteiger partial charge in [0.05, 0.1) is 12.6 Å². The van der Waals surface area contributed by atoms with Crippen LogP contribution < -0.4 is 33.2 Å². The number of aromatic nitrogens is 1. The number of carboxylic acid groups (broad SMARTS) is 2. The molecule has 2 aromatic rings. The quantitative estimate of drug-likeness (QED) is 0.0533. The van der Waals surface area contributed by atoms with Crippen molar-refractivity contribution in [1.29, 1.82) is 0 Å². The van der Waals surface area contributed by atoms with Gasteiger partial charge in [-0.15, -0.1) is 0 Å². The van der Waals surface area contributed by atoms with Crippen molar-refractivity contribution >= 4 is 46.5 Å². The van der Waals surface area contributed by atoms with Gasteiger partial charge >= 0.3 is 11.9 Å². The Balaban J connectivity index is 2.17. The Morgan fingerprint density at radius 1 is 0.902 bits per heavy atom. The predicted octanol–water partition coefficient (Wildman–Crippen LogP) is -2.51. The maximum absolute atomic E-state index is 13.3. The molecule has 13 N–H and O–H groups in total. The van der Waals surface area contributed by atoms with Gasteiger partial charge in [-0.1, -0.05) is 18.2 Å². The van der Waals surface area contributed by atoms with Gasteiger partial charge in [0.2, 0.25) is 17.7 Å². The van der Waals surface area contributed by atoms with Crippen LogP contribution in [0.1, 0.15) is 31.2 Å². The number of guanidine groups is 1. The number of aliphatic hydroxyl groups is 1. The molecule has 0 saturated heterocycles. The average Bonchev–Trinajstić information content (AvgIpc) is 3.33. The molecule has 16 nitrogen and oxygen atoms in total. The first-order chi connectivity index (χ1) is 19.4. The summed E-state index contributed by atoms with van der Waals surface area (Å²) in [6.07, 6.45) is 1.26. The number of aliphatic imine (C=N–C) groups is 1. The van der Waals surface area contributed by atoms with Gasteiger partial charge in [0.1, 0.15) is 18.1 Å². The fourth-order valence-corrected chi connectivity index (χ4v) is 3.92. The minimum absolute atomic E-state index is 0.0303. The lowest BCUT2D eigenvalue weighted by Gasteiger charge is -2.24. The number of benzene rings is 1. The zero-order valence-corrected chi connectivity index (χ0v) is 22.2. The number of carbonyl (C=O) groups excluding carboxylic acids is 3. The standard InChI is InChI=1S/C25H36N8O8/c26-15(7-8-20(35)36)21(37)32-18(10-13-11-30-16-5-2-1-4-14(13)16)22(38)33-19(12-34)23(39)31-17(24(40)41)6-3-9-29-25(27)28/h1-2,4-5,11,15,17-19,30,34H,3,6-10,12,26H2,(H,31,39)(H,32,37)(H,33,38)(H,35,36)(H,40,41)(H4,27,28,29). The lowest BCUT2D eigenvalue weighted by Crippen LogP contribution is -2.58. The second-order valence-corrected chi connectivity index (χ2v) is 9.26. The Bertz CT molecular complexity index is 1260. The smallest absolute Gasteiger partial charge is 0.326 e. The van der Waals surface area contributed by atoms with E-state index in [0.717, 1.165) is 10.9 Å². The summed E-state index contributed by atoms with van der Waals surface area (Å²) in [7, 11) is 0. The van der Waals surface area contributed by atoms with E-state index in [1.54, 1.807) is 18.3 Å². The van der Waals surface area contributed by atoms with E-state index in [9.17, 15) is 34.2 Å². The highest BCUT2D eigenvalue weighted by molar-refractivity contribution is 5.95. The van der Waals surface area contributed by atoms with E-state index >= 15 is 0 Å². The summed E-state index contributed by atoms with van der Waals surface area (Å²) < 4.78 is 0. The Labute approximate surface area is 234 Å². The number of aliphatic hydroxyl groups excluding tert-OH is 1. The Morgan fingerprint density at radius 2 is 1.54 bits per heavy atom. The number of rotatable bonds is 17. The molecule has 0 radical (unpaired) electrons. The van der Waals surface area contributed by atoms with Crippen LogP contribution in [0.4, 0.5) is 0 Å². The van der Waals surface area contributed by atoms with Gasteiger partial charge < -0.3 is 53.5 Å². The lowest BCUT2D eigenvalue weighted by molar-refractivity contribution is -0.143. The molecule has 4 atom stereocenters. The summed E-state index contributed by atoms with van der Waals surface area (Å²) in [5, 5.41) is 36.0. The molecule has 0 spiro atoms. The van der Waals surface area contributed by atoms with Gasteiger partial charge in [-0.3, -0.25) is 24.2 Å². The molecule has 0 aliphatic heterocycles. The molecular formula is C25H36N8O8. The molecule has 3 amide bonds. The van der Waals surface area contributed by atoms with Crippen molar-refractivity contribution in [3.05, 3.63) is 36.0 Å². The van der Waals surface area contributed by atoms with Crippen LogP contribution in [-0.2, 0) is 30.4 Å². The molecule has 41 heavy (non-hydrogen) atoms. The third-order valence-electron chi connectivity index (χ3n) is 6.11. The van der Waals surface area contributed by atoms with Crippen LogP contribution in [0.25, 0.3) is 10.9 Å². The normalized spacial score (nSPS) is 13.8. The second kappa shape index (κ2) is 15.8. The van der Waals surface area contributed by atoms with E-state index in [-0.39, 0.29) is 44.6 Å². The lowest BCUT2D eigenvalue weighted by atomic mass is 10.0. The van der Waals surface area contributed by atoms with Crippen LogP contribution in [0, 0.1) is 0 Å². The van der Waals surface area contributed by atoms with Crippen molar-refractivity contribution in [1.82, 2.24) is 20.9 Å². The number of aromatic amines is 1. The first kappa shape index (κ1) is 32.5. The second-order valence-electron chi connectivity index (χ2n) is 9.26. The number of carbonyl (C=O) groups is 5. The van der Waals surface area contributed by atoms with Crippen LogP contribution in [0.3, 0.4) is 0 Å². The Hall–Kier alpha value is -4.70. The summed E-state index contributed by atoms with van der Waals surface area (Å²) in [4.78, 5) is 68.0. The van der Waals surface area contributed by atoms with Gasteiger partial charge in [-0.25, -0.2) is 4.79 Å². The van der Waals surface area contributed by atoms with Crippen molar-refractivity contribution in [2.75, 3.05) is 13.2 Å². The summed E-state index contributed by atoms with van der Waals surface area (Å²) in [6, 6.07) is 1.81. The molecule has 0 aliphatic carbocycles. The highest BCUT2D eigenvalue weighted by Crippen LogP contribution is 2.19. The Morgan fingerprint density at radius 3 is 2.17 bits per heavy atom. The molecule has 4 unspecified atom stereocenters. The largest absolute Gasteiger partial charge is 0.481 e. The fourth-order valence-electron chi connectivity index (χ4n) is 3.92. The number of amides is 3. The van der Waals surface area contributed by atoms with Crippen molar-refractivity contribution in [2.45, 2.75) is 56.3 Å². The molecule has 1 heterocycles. The minimum atomic E-state index is -1.55. The highest BCUT2D eigenvalue weighted by atomic mass is 16.4. The van der Waals surface area contributed by atoms with Gasteiger partial charge in [0.25, 0.3) is 0 Å². The number of para-hydroxylation sites is 1. The average molecular weight is 577 g/mol. The summed E-state index contributed by atoms with van der Waals surface area (Å²) in [6.45, 7) is -0.740. The van der Waals surface area contributed by atoms with Crippen LogP contribution >= 0.6 is 0 Å². The third kappa shape index (κ3) is 10.4. The predicted molar refractivity (Wildman–Crippen MR) is 147 cm³/mol. The van der Waals surface area contributed by atoms with Crippen molar-refractivity contribution in [2.24, 2.45) is 22.2 Å². The number of fused-ring (bicyclic) bond motifs is 1. The molecule has 0 fully saturated rings. The molecule has 1 aromatic heterocycles. The topological polar surface area (TPSA) is 288 Å². The zero-order chi connectivity index (χ0) is 30.5. The maximum Gasteiger partial charge on any atom is 0.326 e. The molecule has 16 heteroatoms. The summed E-state index contributed by atoms with van der Waals surface area (Å²) >= 11 is 0. The Kier molecular flexibility index (Phi) is 12.5. The maximum atomic E-state index is 13.3. The number of hydrogen-bond acceptors (Lipinski definition) is 8. The van der Waals surface area contributed by atoms with Crippen LogP contribution in [0.5, 0.6) is 0 Å². The fraction of sp³-hybridized carbons (Fsp3) is 0.440. The molecule has 1 aromatic carbocycles. The van der Waals surface area contributed by atoms with Crippen LogP contribution in [0.15, 0.2) is 35.5 Å². The van der Waals surface area contributed by atoms with Gasteiger partial charge in [0.15, 0.2) is 5.96 Å². The van der Waals surface area contributed by atoms with E-state index in [2.05, 4.69) is 25.9 Å². The third-order valence-corrected chi connectivity index (χ3v) is 6.11. The molecule has 2 rings (SSSR count). The molecular weight excluding hydrogens is 540 g/mol. The number of carboxylic acids is 2. The van der Waals surface area contributed by atoms with E-state index in [0.29, 0.717) is 5.56 Å². The summed E-state index contributed by atoms with van der Waals surface area (Å²) in [5.41, 5.74) is 17.7. The highest BCUT2D eigenvalue weighted by Gasteiger charge is 2.30. The van der Waals surface area contributed by atoms with Crippen LogP contribution in [0.2, 0.25) is 0 Å². The first-order valence-electron chi connectivity index (χ1n) is 12.8. The minimum Gasteiger partial charge on any atom is -0.481 e. The molecule has 224 valence electrons. The number of nitrogens with one attached hydrogen (secondary N) is 4. The van der Waals surface area contributed by atoms with Gasteiger partial charge in [0, 0.05) is 36.5 Å². The van der Waals surface area contributed by atoms with Crippen LogP contribution in [-0.4, -0.2) is 93.2 Å². The number of hydrogen-bond donors (Lipinski definition) is 10. The zero-order valence-electron chi connectivity index (χ0n) is 22.2. The van der Waals surface area contributed by atoms with Crippen molar-refractivity contribution in [3.63, 3.8) is 0 Å². The number of H-pyrrole nitrogens is 1. The molecule has 0 bridgehead atoms. The summed E-state index contributed by atoms with van der Waals surface area (Å²) in [5.74, 6) is -5.27. The van der Waals surface area contributed by atoms with E-state index in [4.69, 9.17) is 22.3 Å². The number of aliphatic carboxylic acids is 2. The SMILES string of the molecule is NC(N)=NCCCC(NC(=O)C(CO)NC(=O)C(Cc1c[nH]c2ccccc12)NC(=O)C(N)CCC(=O)O)C(=O)O. The molecule has 0 aliphatic rings. The number of nitrogens with two attached hydrogens (primary N) is 3. The van der Waals surface area contributed by atoms with E-state index < -0.39 is 60.4 Å².